The predicted molar refractivity (Wildman–Crippen MR) is 126 cm³/mol. The Labute approximate surface area is 190 Å². The molecule has 2 heterocycles. The first-order valence-corrected chi connectivity index (χ1v) is 11.4. The number of amides is 1. The molecule has 32 heavy (non-hydrogen) atoms. The Morgan fingerprint density at radius 2 is 1.75 bits per heavy atom. The zero-order chi connectivity index (χ0) is 22.7. The molecule has 0 radical (unpaired) electrons. The van der Waals surface area contributed by atoms with Crippen LogP contribution in [0.2, 0.25) is 0 Å². The van der Waals surface area contributed by atoms with Crippen LogP contribution in [0.4, 0.5) is 0 Å². The van der Waals surface area contributed by atoms with E-state index in [1.165, 1.54) is 0 Å². The minimum Gasteiger partial charge on any atom is -0.493 e. The van der Waals surface area contributed by atoms with Gasteiger partial charge in [-0.25, -0.2) is 4.98 Å². The maximum Gasteiger partial charge on any atom is 0.223 e. The number of carbonyl (C=O) groups excluding carboxylic acids is 1. The molecule has 6 heteroatoms. The number of para-hydroxylation sites is 4. The van der Waals surface area contributed by atoms with Crippen molar-refractivity contribution in [3.05, 3.63) is 54.4 Å². The van der Waals surface area contributed by atoms with Crippen LogP contribution in [0.25, 0.3) is 11.0 Å². The highest BCUT2D eigenvalue weighted by Crippen LogP contribution is 2.34. The Bertz CT molecular complexity index is 1080. The van der Waals surface area contributed by atoms with Crippen LogP contribution in [0, 0.1) is 0 Å². The van der Waals surface area contributed by atoms with Crippen LogP contribution >= 0.6 is 0 Å². The van der Waals surface area contributed by atoms with Gasteiger partial charge in [0.2, 0.25) is 5.91 Å². The lowest BCUT2D eigenvalue weighted by atomic mass is 10.1. The van der Waals surface area contributed by atoms with Gasteiger partial charge < -0.3 is 18.9 Å². The van der Waals surface area contributed by atoms with Crippen molar-refractivity contribution >= 4 is 16.9 Å². The SMILES string of the molecule is COc1ccccc1OCCCCn1c([C@@H]2CC(=O)N(C(C)(C)C)C2)nc2ccccc21. The second-order valence-electron chi connectivity index (χ2n) is 9.39. The van der Waals surface area contributed by atoms with E-state index in [0.717, 1.165) is 54.3 Å². The van der Waals surface area contributed by atoms with Crippen molar-refractivity contribution < 1.29 is 14.3 Å². The molecule has 1 atom stereocenters. The summed E-state index contributed by atoms with van der Waals surface area (Å²) in [6.45, 7) is 8.49. The summed E-state index contributed by atoms with van der Waals surface area (Å²) in [5.74, 6) is 2.89. The Balaban J connectivity index is 1.45. The van der Waals surface area contributed by atoms with E-state index in [0.29, 0.717) is 13.0 Å². The normalized spacial score (nSPS) is 16.7. The van der Waals surface area contributed by atoms with Gasteiger partial charge in [0.25, 0.3) is 0 Å². The molecule has 4 rings (SSSR count). The van der Waals surface area contributed by atoms with Crippen LogP contribution in [0.5, 0.6) is 11.5 Å². The third-order valence-electron chi connectivity index (χ3n) is 6.09. The van der Waals surface area contributed by atoms with E-state index < -0.39 is 0 Å². The van der Waals surface area contributed by atoms with Crippen LogP contribution < -0.4 is 9.47 Å². The second kappa shape index (κ2) is 9.23. The van der Waals surface area contributed by atoms with Gasteiger partial charge in [-0.15, -0.1) is 0 Å². The first-order valence-electron chi connectivity index (χ1n) is 11.4. The molecular formula is C26H33N3O3. The van der Waals surface area contributed by atoms with Gasteiger partial charge in [-0.2, -0.15) is 0 Å². The first kappa shape index (κ1) is 22.2. The van der Waals surface area contributed by atoms with Gasteiger partial charge in [0, 0.05) is 31.0 Å². The summed E-state index contributed by atoms with van der Waals surface area (Å²) in [6, 6.07) is 16.0. The maximum absolute atomic E-state index is 12.7. The van der Waals surface area contributed by atoms with Crippen molar-refractivity contribution in [3.8, 4) is 11.5 Å². The van der Waals surface area contributed by atoms with E-state index in [4.69, 9.17) is 14.5 Å². The highest BCUT2D eigenvalue weighted by atomic mass is 16.5. The molecule has 1 aliphatic heterocycles. The van der Waals surface area contributed by atoms with Crippen LogP contribution in [-0.2, 0) is 11.3 Å². The summed E-state index contributed by atoms with van der Waals surface area (Å²) in [7, 11) is 1.66. The Morgan fingerprint density at radius 1 is 1.03 bits per heavy atom. The number of carbonyl (C=O) groups is 1. The van der Waals surface area contributed by atoms with Crippen molar-refractivity contribution in [2.45, 2.75) is 58.0 Å². The number of aryl methyl sites for hydroxylation is 1. The largest absolute Gasteiger partial charge is 0.493 e. The summed E-state index contributed by atoms with van der Waals surface area (Å²) in [6.07, 6.45) is 2.41. The average molecular weight is 436 g/mol. The fourth-order valence-corrected chi connectivity index (χ4v) is 4.46. The van der Waals surface area contributed by atoms with Crippen LogP contribution in [0.1, 0.15) is 51.8 Å². The minimum atomic E-state index is -0.168. The number of benzene rings is 2. The molecule has 1 amide bonds. The topological polar surface area (TPSA) is 56.6 Å². The van der Waals surface area contributed by atoms with Crippen molar-refractivity contribution in [3.63, 3.8) is 0 Å². The van der Waals surface area contributed by atoms with Crippen molar-refractivity contribution in [2.24, 2.45) is 0 Å². The number of fused-ring (bicyclic) bond motifs is 1. The van der Waals surface area contributed by atoms with Gasteiger partial charge in [-0.3, -0.25) is 4.79 Å². The molecule has 6 nitrogen and oxygen atoms in total. The quantitative estimate of drug-likeness (QED) is 0.466. The summed E-state index contributed by atoms with van der Waals surface area (Å²) >= 11 is 0. The third-order valence-corrected chi connectivity index (χ3v) is 6.09. The monoisotopic (exact) mass is 435 g/mol. The molecule has 0 unspecified atom stereocenters. The molecule has 0 N–H and O–H groups in total. The molecular weight excluding hydrogens is 402 g/mol. The Kier molecular flexibility index (Phi) is 6.40. The van der Waals surface area contributed by atoms with Gasteiger partial charge >= 0.3 is 0 Å². The average Bonchev–Trinajstić information content (AvgIpc) is 3.34. The highest BCUT2D eigenvalue weighted by Gasteiger charge is 2.38. The van der Waals surface area contributed by atoms with Gasteiger partial charge in [-0.1, -0.05) is 24.3 Å². The molecule has 0 bridgehead atoms. The predicted octanol–water partition coefficient (Wildman–Crippen LogP) is 5.02. The number of ether oxygens (including phenoxy) is 2. The first-order chi connectivity index (χ1) is 15.4. The number of unbranched alkanes of at least 4 members (excludes halogenated alkanes) is 1. The van der Waals surface area contributed by atoms with E-state index >= 15 is 0 Å². The van der Waals surface area contributed by atoms with Gasteiger partial charge in [0.15, 0.2) is 11.5 Å². The van der Waals surface area contributed by atoms with E-state index in [1.807, 2.05) is 35.2 Å². The van der Waals surface area contributed by atoms with E-state index in [1.54, 1.807) is 7.11 Å². The fraction of sp³-hybridized carbons (Fsp3) is 0.462. The molecule has 1 aliphatic rings. The molecule has 2 aromatic carbocycles. The number of rotatable bonds is 8. The number of likely N-dealkylation sites (tertiary alicyclic amines) is 1. The molecule has 1 saturated heterocycles. The summed E-state index contributed by atoms with van der Waals surface area (Å²) in [4.78, 5) is 19.6. The molecule has 170 valence electrons. The lowest BCUT2D eigenvalue weighted by molar-refractivity contribution is -0.131. The zero-order valence-corrected chi connectivity index (χ0v) is 19.5. The van der Waals surface area contributed by atoms with Gasteiger partial charge in [0.1, 0.15) is 5.82 Å². The standard InChI is InChI=1S/C26H33N3O3/c1-26(2,3)29-18-19(17-24(29)30)25-27-20-11-5-6-12-21(20)28(25)15-9-10-16-32-23-14-8-7-13-22(23)31-4/h5-8,11-14,19H,9-10,15-18H2,1-4H3/t19-/m1/s1. The summed E-state index contributed by atoms with van der Waals surface area (Å²) < 4.78 is 13.6. The number of hydrogen-bond donors (Lipinski definition) is 0. The maximum atomic E-state index is 12.7. The summed E-state index contributed by atoms with van der Waals surface area (Å²) in [5.41, 5.74) is 1.96. The number of methoxy groups -OCH3 is 1. The molecule has 3 aromatic rings. The molecule has 0 aliphatic carbocycles. The number of aromatic nitrogens is 2. The Morgan fingerprint density at radius 3 is 2.47 bits per heavy atom. The van der Waals surface area contributed by atoms with E-state index in [9.17, 15) is 4.79 Å². The van der Waals surface area contributed by atoms with Crippen LogP contribution in [0.15, 0.2) is 48.5 Å². The smallest absolute Gasteiger partial charge is 0.223 e. The van der Waals surface area contributed by atoms with Crippen LogP contribution in [0.3, 0.4) is 0 Å². The minimum absolute atomic E-state index is 0.124. The van der Waals surface area contributed by atoms with Crippen molar-refractivity contribution in [1.82, 2.24) is 14.5 Å². The fourth-order valence-electron chi connectivity index (χ4n) is 4.46. The second-order valence-corrected chi connectivity index (χ2v) is 9.39. The van der Waals surface area contributed by atoms with Gasteiger partial charge in [0.05, 0.1) is 24.8 Å². The zero-order valence-electron chi connectivity index (χ0n) is 19.5. The molecule has 1 aromatic heterocycles. The third kappa shape index (κ3) is 4.59. The van der Waals surface area contributed by atoms with Crippen molar-refractivity contribution in [2.75, 3.05) is 20.3 Å². The highest BCUT2D eigenvalue weighted by molar-refractivity contribution is 5.81. The number of imidazole rings is 1. The number of nitrogens with zero attached hydrogens (tertiary/aromatic N) is 3. The molecule has 1 fully saturated rings. The molecule has 0 spiro atoms. The lowest BCUT2D eigenvalue weighted by Crippen LogP contribution is -2.42. The Hall–Kier alpha value is -3.02. The molecule has 0 saturated carbocycles. The van der Waals surface area contributed by atoms with E-state index in [-0.39, 0.29) is 17.4 Å². The van der Waals surface area contributed by atoms with Crippen LogP contribution in [-0.4, -0.2) is 46.2 Å². The lowest BCUT2D eigenvalue weighted by Gasteiger charge is -2.32. The van der Waals surface area contributed by atoms with Crippen molar-refractivity contribution in [1.29, 1.82) is 0 Å². The van der Waals surface area contributed by atoms with Gasteiger partial charge in [-0.05, 0) is 57.9 Å². The summed E-state index contributed by atoms with van der Waals surface area (Å²) in [5, 5.41) is 0. The number of hydrogen-bond acceptors (Lipinski definition) is 4. The van der Waals surface area contributed by atoms with E-state index in [2.05, 4.69) is 43.5 Å².